The molecule has 156 valence electrons. The Kier molecular flexibility index (Phi) is 5.53. The monoisotopic (exact) mass is 406 g/mol. The number of aromatic nitrogens is 1. The zero-order valence-corrected chi connectivity index (χ0v) is 18.2. The predicted octanol–water partition coefficient (Wildman–Crippen LogP) is 4.50. The van der Waals surface area contributed by atoms with Crippen molar-refractivity contribution in [1.82, 2.24) is 0 Å². The first-order valence-corrected chi connectivity index (χ1v) is 10.1. The molecule has 0 radical (unpaired) electrons. The summed E-state index contributed by atoms with van der Waals surface area (Å²) in [7, 11) is 6.73. The van der Waals surface area contributed by atoms with Gasteiger partial charge in [-0.1, -0.05) is 12.2 Å². The summed E-state index contributed by atoms with van der Waals surface area (Å²) < 4.78 is 24.8. The van der Waals surface area contributed by atoms with Crippen LogP contribution in [0.15, 0.2) is 42.6 Å². The molecule has 0 atom stereocenters. The zero-order valence-electron chi connectivity index (χ0n) is 18.2. The molecule has 5 nitrogen and oxygen atoms in total. The van der Waals surface area contributed by atoms with Crippen molar-refractivity contribution < 1.29 is 23.5 Å². The van der Waals surface area contributed by atoms with Crippen molar-refractivity contribution in [2.45, 2.75) is 26.3 Å². The number of rotatable bonds is 6. The van der Waals surface area contributed by atoms with Crippen LogP contribution in [0.3, 0.4) is 0 Å². The molecule has 0 spiro atoms. The van der Waals surface area contributed by atoms with Crippen molar-refractivity contribution in [2.75, 3.05) is 28.4 Å². The summed E-state index contributed by atoms with van der Waals surface area (Å²) in [5.41, 5.74) is 4.94. The highest BCUT2D eigenvalue weighted by molar-refractivity contribution is 5.95. The molecule has 0 bridgehead atoms. The molecule has 0 fully saturated rings. The van der Waals surface area contributed by atoms with Crippen LogP contribution in [0.4, 0.5) is 0 Å². The number of aryl methyl sites for hydroxylation is 2. The van der Waals surface area contributed by atoms with Crippen LogP contribution in [0.5, 0.6) is 23.0 Å². The molecule has 3 aromatic rings. The summed E-state index contributed by atoms with van der Waals surface area (Å²) in [4.78, 5) is 0. The quantitative estimate of drug-likeness (QED) is 0.446. The lowest BCUT2D eigenvalue weighted by molar-refractivity contribution is -0.686. The van der Waals surface area contributed by atoms with Crippen LogP contribution in [-0.2, 0) is 19.4 Å². The van der Waals surface area contributed by atoms with Gasteiger partial charge in [0.15, 0.2) is 35.7 Å². The van der Waals surface area contributed by atoms with Gasteiger partial charge in [-0.2, -0.15) is 4.57 Å². The van der Waals surface area contributed by atoms with Crippen LogP contribution in [0.2, 0.25) is 0 Å². The standard InChI is InChI=1S/C25H28NO4/c1-6-7-8-18-17-9-10-21(27-2)25(30-5)20(17)15-26-12-11-16-13-22(28-3)23(29-4)14-19(16)24(18)26/h6-7,9-10,13-15H,8,11-12H2,1-5H3/q+1/b7-6+. The number of fused-ring (bicyclic) bond motifs is 4. The van der Waals surface area contributed by atoms with Gasteiger partial charge in [-0.3, -0.25) is 0 Å². The predicted molar refractivity (Wildman–Crippen MR) is 118 cm³/mol. The molecule has 1 aromatic heterocycles. The van der Waals surface area contributed by atoms with E-state index in [0.717, 1.165) is 47.8 Å². The second-order valence-corrected chi connectivity index (χ2v) is 7.30. The number of hydrogen-bond donors (Lipinski definition) is 0. The summed E-state index contributed by atoms with van der Waals surface area (Å²) in [5, 5.41) is 2.23. The van der Waals surface area contributed by atoms with Gasteiger partial charge in [0.1, 0.15) is 0 Å². The van der Waals surface area contributed by atoms with Crippen molar-refractivity contribution in [3.8, 4) is 34.3 Å². The van der Waals surface area contributed by atoms with Crippen LogP contribution >= 0.6 is 0 Å². The van der Waals surface area contributed by atoms with E-state index >= 15 is 0 Å². The minimum absolute atomic E-state index is 0.741. The van der Waals surface area contributed by atoms with Crippen molar-refractivity contribution in [2.24, 2.45) is 0 Å². The van der Waals surface area contributed by atoms with Gasteiger partial charge in [-0.05, 0) is 43.2 Å². The highest BCUT2D eigenvalue weighted by Gasteiger charge is 2.31. The zero-order chi connectivity index (χ0) is 21.3. The van der Waals surface area contributed by atoms with E-state index in [9.17, 15) is 0 Å². The maximum absolute atomic E-state index is 5.74. The van der Waals surface area contributed by atoms with E-state index in [4.69, 9.17) is 18.9 Å². The smallest absolute Gasteiger partial charge is 0.217 e. The number of methoxy groups -OCH3 is 4. The molecule has 2 heterocycles. The Hall–Kier alpha value is -3.21. The fourth-order valence-electron chi connectivity index (χ4n) is 4.39. The Bertz CT molecular complexity index is 1130. The van der Waals surface area contributed by atoms with Gasteiger partial charge in [0.25, 0.3) is 0 Å². The molecule has 1 aliphatic rings. The molecular formula is C25H28NO4+. The van der Waals surface area contributed by atoms with Gasteiger partial charge in [0.2, 0.25) is 5.69 Å². The van der Waals surface area contributed by atoms with Crippen molar-refractivity contribution >= 4 is 10.8 Å². The van der Waals surface area contributed by atoms with E-state index in [-0.39, 0.29) is 0 Å². The fraction of sp³-hybridized carbons (Fsp3) is 0.320. The van der Waals surface area contributed by atoms with Crippen molar-refractivity contribution in [1.29, 1.82) is 0 Å². The van der Waals surface area contributed by atoms with Crippen LogP contribution in [0.25, 0.3) is 22.0 Å². The number of allylic oxidation sites excluding steroid dienone is 2. The van der Waals surface area contributed by atoms with Crippen molar-refractivity contribution in [3.63, 3.8) is 0 Å². The first kappa shape index (κ1) is 20.1. The lowest BCUT2D eigenvalue weighted by atomic mass is 9.90. The summed E-state index contributed by atoms with van der Waals surface area (Å²) in [6.07, 6.45) is 8.22. The van der Waals surface area contributed by atoms with Gasteiger partial charge in [0, 0.05) is 17.4 Å². The van der Waals surface area contributed by atoms with Gasteiger partial charge < -0.3 is 18.9 Å². The lowest BCUT2D eigenvalue weighted by Gasteiger charge is -2.21. The first-order chi connectivity index (χ1) is 14.7. The third-order valence-corrected chi connectivity index (χ3v) is 5.81. The highest BCUT2D eigenvalue weighted by Crippen LogP contribution is 2.42. The van der Waals surface area contributed by atoms with Crippen LogP contribution in [0, 0.1) is 0 Å². The summed E-state index contributed by atoms with van der Waals surface area (Å²) in [5.74, 6) is 3.02. The topological polar surface area (TPSA) is 40.8 Å². The molecule has 0 saturated heterocycles. The van der Waals surface area contributed by atoms with E-state index in [1.54, 1.807) is 28.4 Å². The minimum Gasteiger partial charge on any atom is -0.493 e. The SMILES string of the molecule is C/C=C/Cc1c2[n+](cc3c(OC)c(OC)ccc13)CCc1cc(OC)c(OC)cc1-2. The Labute approximate surface area is 177 Å². The molecule has 0 N–H and O–H groups in total. The Morgan fingerprint density at radius 3 is 2.30 bits per heavy atom. The first-order valence-electron chi connectivity index (χ1n) is 10.1. The summed E-state index contributed by atoms with van der Waals surface area (Å²) in [6, 6.07) is 8.32. The third kappa shape index (κ3) is 3.15. The second kappa shape index (κ2) is 8.27. The average molecular weight is 407 g/mol. The number of pyridine rings is 1. The van der Waals surface area contributed by atoms with Gasteiger partial charge >= 0.3 is 0 Å². The molecule has 4 rings (SSSR count). The molecule has 0 unspecified atom stereocenters. The van der Waals surface area contributed by atoms with Gasteiger partial charge in [0.05, 0.1) is 39.4 Å². The Morgan fingerprint density at radius 1 is 0.900 bits per heavy atom. The largest absolute Gasteiger partial charge is 0.493 e. The summed E-state index contributed by atoms with van der Waals surface area (Å²) >= 11 is 0. The molecule has 5 heteroatoms. The van der Waals surface area contributed by atoms with E-state index in [1.165, 1.54) is 27.8 Å². The maximum atomic E-state index is 5.74. The Balaban J connectivity index is 2.07. The molecule has 0 aliphatic carbocycles. The average Bonchev–Trinajstić information content (AvgIpc) is 2.79. The number of ether oxygens (including phenoxy) is 4. The minimum atomic E-state index is 0.741. The van der Waals surface area contributed by atoms with Crippen molar-refractivity contribution in [3.05, 3.63) is 53.7 Å². The van der Waals surface area contributed by atoms with Gasteiger partial charge in [-0.25, -0.2) is 0 Å². The highest BCUT2D eigenvalue weighted by atomic mass is 16.5. The molecule has 1 aliphatic heterocycles. The van der Waals surface area contributed by atoms with Crippen LogP contribution in [-0.4, -0.2) is 28.4 Å². The number of benzene rings is 2. The molecule has 30 heavy (non-hydrogen) atoms. The second-order valence-electron chi connectivity index (χ2n) is 7.30. The lowest BCUT2D eigenvalue weighted by Crippen LogP contribution is -2.41. The Morgan fingerprint density at radius 2 is 1.63 bits per heavy atom. The third-order valence-electron chi connectivity index (χ3n) is 5.81. The van der Waals surface area contributed by atoms with Crippen LogP contribution in [0.1, 0.15) is 18.1 Å². The van der Waals surface area contributed by atoms with E-state index in [2.05, 4.69) is 48.0 Å². The van der Waals surface area contributed by atoms with E-state index in [0.29, 0.717) is 0 Å². The normalized spacial score (nSPS) is 12.6. The van der Waals surface area contributed by atoms with E-state index in [1.807, 2.05) is 6.07 Å². The molecule has 2 aromatic carbocycles. The maximum Gasteiger partial charge on any atom is 0.217 e. The molecular weight excluding hydrogens is 378 g/mol. The number of hydrogen-bond acceptors (Lipinski definition) is 4. The van der Waals surface area contributed by atoms with E-state index < -0.39 is 0 Å². The fourth-order valence-corrected chi connectivity index (χ4v) is 4.39. The van der Waals surface area contributed by atoms with Crippen LogP contribution < -0.4 is 23.5 Å². The summed E-state index contributed by atoms with van der Waals surface area (Å²) in [6.45, 7) is 2.94. The number of nitrogens with zero attached hydrogens (tertiary/aromatic N) is 1. The van der Waals surface area contributed by atoms with Gasteiger partial charge in [-0.15, -0.1) is 0 Å². The molecule has 0 saturated carbocycles. The molecule has 0 amide bonds.